The lowest BCUT2D eigenvalue weighted by atomic mass is 9.99. The first-order valence-corrected chi connectivity index (χ1v) is 7.96. The first-order chi connectivity index (χ1) is 10.0. The first kappa shape index (κ1) is 13.9. The summed E-state index contributed by atoms with van der Waals surface area (Å²) >= 11 is 1.59. The van der Waals surface area contributed by atoms with Gasteiger partial charge in [0.1, 0.15) is 5.37 Å². The number of pyridine rings is 1. The lowest BCUT2D eigenvalue weighted by Crippen LogP contribution is -2.21. The summed E-state index contributed by atoms with van der Waals surface area (Å²) in [5.74, 6) is -0.0923. The molecule has 2 heterocycles. The minimum absolute atomic E-state index is 0.0704. The quantitative estimate of drug-likeness (QED) is 0.928. The molecule has 1 atom stereocenters. The number of benzene rings is 1. The van der Waals surface area contributed by atoms with Gasteiger partial charge in [0.05, 0.1) is 11.3 Å². The van der Waals surface area contributed by atoms with Gasteiger partial charge in [-0.1, -0.05) is 24.3 Å². The molecule has 0 saturated heterocycles. The summed E-state index contributed by atoms with van der Waals surface area (Å²) in [5, 5.41) is -0.0704. The normalized spacial score (nSPS) is 17.2. The minimum Gasteiger partial charge on any atom is -0.325 e. The first-order valence-electron chi connectivity index (χ1n) is 6.67. The highest BCUT2D eigenvalue weighted by molar-refractivity contribution is 7.98. The van der Waals surface area contributed by atoms with Gasteiger partial charge in [-0.3, -0.25) is 9.59 Å². The Morgan fingerprint density at radius 3 is 2.57 bits per heavy atom. The summed E-state index contributed by atoms with van der Waals surface area (Å²) < 4.78 is 0. The second-order valence-corrected chi connectivity index (χ2v) is 6.07. The largest absolute Gasteiger partial charge is 0.325 e. The minimum atomic E-state index is -0.240. The van der Waals surface area contributed by atoms with Crippen molar-refractivity contribution in [3.05, 3.63) is 57.4 Å². The van der Waals surface area contributed by atoms with Gasteiger partial charge in [-0.25, -0.2) is 0 Å². The van der Waals surface area contributed by atoms with Crippen LogP contribution < -0.4 is 5.56 Å². The number of aryl methyl sites for hydroxylation is 1. The average Bonchev–Trinajstić information content (AvgIpc) is 2.71. The molecule has 1 N–H and O–H groups in total. The predicted octanol–water partition coefficient (Wildman–Crippen LogP) is 2.80. The number of hydrogen-bond donors (Lipinski definition) is 1. The highest BCUT2D eigenvalue weighted by Crippen LogP contribution is 2.43. The van der Waals surface area contributed by atoms with Crippen molar-refractivity contribution in [2.75, 3.05) is 13.3 Å². The predicted molar refractivity (Wildman–Crippen MR) is 85.6 cm³/mol. The molecule has 5 heteroatoms. The van der Waals surface area contributed by atoms with Gasteiger partial charge in [0.15, 0.2) is 0 Å². The molecule has 0 aliphatic carbocycles. The summed E-state index contributed by atoms with van der Waals surface area (Å²) in [6.07, 6.45) is 1.97. The number of H-pyrrole nitrogens is 1. The molecule has 21 heavy (non-hydrogen) atoms. The monoisotopic (exact) mass is 300 g/mol. The van der Waals surface area contributed by atoms with E-state index in [1.54, 1.807) is 23.7 Å². The smallest absolute Gasteiger partial charge is 0.255 e. The number of nitrogens with one attached hydrogen (secondary N) is 1. The van der Waals surface area contributed by atoms with Crippen LogP contribution in [-0.4, -0.2) is 29.1 Å². The Labute approximate surface area is 127 Å². The molecule has 0 unspecified atom stereocenters. The average molecular weight is 300 g/mol. The Bertz CT molecular complexity index is 782. The Kier molecular flexibility index (Phi) is 3.37. The van der Waals surface area contributed by atoms with Crippen LogP contribution in [0.4, 0.5) is 0 Å². The van der Waals surface area contributed by atoms with Crippen LogP contribution in [0.2, 0.25) is 0 Å². The van der Waals surface area contributed by atoms with E-state index in [1.807, 2.05) is 37.4 Å². The maximum atomic E-state index is 12.3. The van der Waals surface area contributed by atoms with E-state index in [1.165, 1.54) is 6.07 Å². The highest BCUT2D eigenvalue weighted by Gasteiger charge is 2.37. The van der Waals surface area contributed by atoms with E-state index in [0.29, 0.717) is 5.56 Å². The topological polar surface area (TPSA) is 53.2 Å². The summed E-state index contributed by atoms with van der Waals surface area (Å²) in [6, 6.07) is 9.28. The fourth-order valence-corrected chi connectivity index (χ4v) is 3.73. The Morgan fingerprint density at radius 1 is 1.19 bits per heavy atom. The van der Waals surface area contributed by atoms with Crippen molar-refractivity contribution in [3.8, 4) is 11.3 Å². The molecule has 2 aromatic rings. The molecule has 1 aromatic carbocycles. The van der Waals surface area contributed by atoms with E-state index < -0.39 is 0 Å². The number of carbonyl (C=O) groups excluding carboxylic acids is 1. The highest BCUT2D eigenvalue weighted by atomic mass is 32.2. The van der Waals surface area contributed by atoms with Crippen LogP contribution in [0.1, 0.15) is 26.9 Å². The van der Waals surface area contributed by atoms with Gasteiger partial charge in [-0.2, -0.15) is 0 Å². The van der Waals surface area contributed by atoms with E-state index in [-0.39, 0.29) is 16.8 Å². The molecule has 0 saturated carbocycles. The second kappa shape index (κ2) is 5.07. The fraction of sp³-hybridized carbons (Fsp3) is 0.250. The Balaban J connectivity index is 2.34. The molecular formula is C16H16N2O2S. The molecule has 4 nitrogen and oxygen atoms in total. The molecule has 0 radical (unpaired) electrons. The zero-order valence-electron chi connectivity index (χ0n) is 12.1. The van der Waals surface area contributed by atoms with Crippen molar-refractivity contribution in [1.82, 2.24) is 9.88 Å². The molecule has 1 aliphatic heterocycles. The van der Waals surface area contributed by atoms with Crippen LogP contribution in [-0.2, 0) is 0 Å². The zero-order valence-corrected chi connectivity index (χ0v) is 13.0. The third kappa shape index (κ3) is 2.08. The van der Waals surface area contributed by atoms with Crippen LogP contribution in [0.5, 0.6) is 0 Å². The van der Waals surface area contributed by atoms with Crippen LogP contribution in [0.3, 0.4) is 0 Å². The summed E-state index contributed by atoms with van der Waals surface area (Å²) in [5.41, 5.74) is 3.97. The summed E-state index contributed by atoms with van der Waals surface area (Å²) in [7, 11) is 1.77. The molecule has 0 spiro atoms. The van der Waals surface area contributed by atoms with Crippen molar-refractivity contribution in [2.45, 2.75) is 12.3 Å². The fourth-order valence-electron chi connectivity index (χ4n) is 2.84. The van der Waals surface area contributed by atoms with Gasteiger partial charge in [0, 0.05) is 24.2 Å². The molecule has 1 aliphatic rings. The molecule has 108 valence electrons. The maximum absolute atomic E-state index is 12.3. The van der Waals surface area contributed by atoms with Crippen LogP contribution in [0, 0.1) is 6.92 Å². The lowest BCUT2D eigenvalue weighted by molar-refractivity contribution is 0.0813. The summed E-state index contributed by atoms with van der Waals surface area (Å²) in [4.78, 5) is 28.9. The van der Waals surface area contributed by atoms with E-state index in [2.05, 4.69) is 4.98 Å². The van der Waals surface area contributed by atoms with Crippen molar-refractivity contribution in [1.29, 1.82) is 0 Å². The maximum Gasteiger partial charge on any atom is 0.255 e. The summed E-state index contributed by atoms with van der Waals surface area (Å²) in [6.45, 7) is 2.00. The Morgan fingerprint density at radius 2 is 1.90 bits per heavy atom. The van der Waals surface area contributed by atoms with Crippen molar-refractivity contribution in [2.24, 2.45) is 0 Å². The second-order valence-electron chi connectivity index (χ2n) is 5.15. The molecule has 1 amide bonds. The van der Waals surface area contributed by atoms with E-state index in [4.69, 9.17) is 0 Å². The number of rotatable bonds is 2. The molecule has 0 bridgehead atoms. The van der Waals surface area contributed by atoms with E-state index in [9.17, 15) is 9.59 Å². The van der Waals surface area contributed by atoms with Gasteiger partial charge in [-0.05, 0) is 18.7 Å². The Hall–Kier alpha value is -2.01. The van der Waals surface area contributed by atoms with Gasteiger partial charge < -0.3 is 9.88 Å². The van der Waals surface area contributed by atoms with Crippen LogP contribution in [0.15, 0.2) is 35.1 Å². The molecule has 1 aromatic heterocycles. The number of aromatic nitrogens is 1. The number of fused-ring (bicyclic) bond motifs is 1. The molecular weight excluding hydrogens is 284 g/mol. The van der Waals surface area contributed by atoms with Crippen LogP contribution in [0.25, 0.3) is 11.3 Å². The van der Waals surface area contributed by atoms with Crippen molar-refractivity contribution < 1.29 is 4.79 Å². The number of carbonyl (C=O) groups is 1. The van der Waals surface area contributed by atoms with E-state index >= 15 is 0 Å². The van der Waals surface area contributed by atoms with Gasteiger partial charge in [0.25, 0.3) is 5.91 Å². The lowest BCUT2D eigenvalue weighted by Gasteiger charge is -2.20. The number of amides is 1. The van der Waals surface area contributed by atoms with Crippen molar-refractivity contribution >= 4 is 17.7 Å². The van der Waals surface area contributed by atoms with Crippen molar-refractivity contribution in [3.63, 3.8) is 0 Å². The molecule has 0 fully saturated rings. The standard InChI is InChI=1S/C16H16N2O2S/c1-9-6-4-5-7-10(9)14-13-11(8-12(19)17-14)15(20)18(2)16(13)21-3/h4-8,16H,1-3H3,(H,17,19)/t16-/m0/s1. The van der Waals surface area contributed by atoms with Crippen LogP contribution >= 0.6 is 11.8 Å². The SMILES string of the molecule is CS[C@H]1c2c(cc(=O)[nH]c2-c2ccccc2C)C(=O)N1C. The number of hydrogen-bond acceptors (Lipinski definition) is 3. The number of thioether (sulfide) groups is 1. The van der Waals surface area contributed by atoms with Gasteiger partial charge >= 0.3 is 0 Å². The molecule has 3 rings (SSSR count). The van der Waals surface area contributed by atoms with E-state index in [0.717, 1.165) is 22.4 Å². The zero-order chi connectivity index (χ0) is 15.1. The van der Waals surface area contributed by atoms with Gasteiger partial charge in [0.2, 0.25) is 5.56 Å². The number of nitrogens with zero attached hydrogens (tertiary/aromatic N) is 1. The van der Waals surface area contributed by atoms with Gasteiger partial charge in [-0.15, -0.1) is 11.8 Å². The number of aromatic amines is 1. The third-order valence-corrected chi connectivity index (χ3v) is 4.87. The third-order valence-electron chi connectivity index (χ3n) is 3.87.